The molecule has 212 valence electrons. The van der Waals surface area contributed by atoms with Crippen LogP contribution in [-0.2, 0) is 32.2 Å². The van der Waals surface area contributed by atoms with Crippen LogP contribution < -0.4 is 16.1 Å². The predicted molar refractivity (Wildman–Crippen MR) is 145 cm³/mol. The van der Waals surface area contributed by atoms with Gasteiger partial charge in [0.2, 0.25) is 0 Å². The molecule has 0 aliphatic heterocycles. The van der Waals surface area contributed by atoms with Crippen LogP contribution in [0.3, 0.4) is 0 Å². The molecule has 11 heteroatoms. The number of carbonyl (C=O) groups excluding carboxylic acids is 3. The zero-order valence-corrected chi connectivity index (χ0v) is 23.5. The zero-order chi connectivity index (χ0) is 29.1. The number of ketones is 2. The van der Waals surface area contributed by atoms with E-state index in [1.54, 1.807) is 19.0 Å². The highest BCUT2D eigenvalue weighted by Gasteiger charge is 2.56. The van der Waals surface area contributed by atoms with E-state index in [0.717, 1.165) is 5.69 Å². The van der Waals surface area contributed by atoms with E-state index in [2.05, 4.69) is 5.48 Å². The van der Waals surface area contributed by atoms with E-state index >= 15 is 0 Å². The number of Topliss-reactive ketones (excluding diaryl/α,β-unsaturated/α-hetero) is 2. The molecule has 1 fully saturated rings. The SMILES string of the molecule is CN(C)c1cc(CNOC(C)(C)C)c(O)c2c1C[C@H]1CC3C(C(=O)C(C(N)=O)=C(O)[C@@H]3N(C)C)C(=O)C1=C2O. The first-order valence-corrected chi connectivity index (χ1v) is 12.9. The minimum atomic E-state index is -1.29. The molecular formula is C28H38N4O7. The number of likely N-dealkylation sites (N-methyl/N-ethyl adjacent to an activating group) is 1. The van der Waals surface area contributed by atoms with E-state index in [9.17, 15) is 29.7 Å². The second kappa shape index (κ2) is 9.96. The number of fused-ring (bicyclic) bond motifs is 3. The second-order valence-electron chi connectivity index (χ2n) is 12.0. The largest absolute Gasteiger partial charge is 0.510 e. The van der Waals surface area contributed by atoms with Crippen LogP contribution in [0.15, 0.2) is 23.0 Å². The molecule has 0 heterocycles. The molecule has 0 spiro atoms. The van der Waals surface area contributed by atoms with Gasteiger partial charge in [0.05, 0.1) is 23.1 Å². The maximum atomic E-state index is 13.9. The quantitative estimate of drug-likeness (QED) is 0.203. The van der Waals surface area contributed by atoms with E-state index in [0.29, 0.717) is 24.0 Å². The lowest BCUT2D eigenvalue weighted by molar-refractivity contribution is -0.136. The number of aliphatic hydroxyl groups excluding tert-OH is 2. The predicted octanol–water partition coefficient (Wildman–Crippen LogP) is 1.73. The molecule has 0 saturated heterocycles. The van der Waals surface area contributed by atoms with Gasteiger partial charge in [-0.1, -0.05) is 0 Å². The lowest BCUT2D eigenvalue weighted by Gasteiger charge is -2.46. The first-order valence-electron chi connectivity index (χ1n) is 12.9. The number of rotatable bonds is 6. The Balaban J connectivity index is 1.85. The summed E-state index contributed by atoms with van der Waals surface area (Å²) in [6.07, 6.45) is 0.634. The van der Waals surface area contributed by atoms with Gasteiger partial charge in [-0.2, -0.15) is 5.48 Å². The molecule has 39 heavy (non-hydrogen) atoms. The van der Waals surface area contributed by atoms with E-state index in [1.165, 1.54) is 0 Å². The number of phenolic OH excluding ortho intramolecular Hbond substituents is 1. The lowest BCUT2D eigenvalue weighted by Crippen LogP contribution is -2.55. The number of carbonyl (C=O) groups is 3. The van der Waals surface area contributed by atoms with Crippen LogP contribution >= 0.6 is 0 Å². The van der Waals surface area contributed by atoms with Gasteiger partial charge in [-0.3, -0.25) is 24.1 Å². The first-order chi connectivity index (χ1) is 18.1. The number of hydrogen-bond acceptors (Lipinski definition) is 10. The van der Waals surface area contributed by atoms with Crippen molar-refractivity contribution in [1.82, 2.24) is 10.4 Å². The average molecular weight is 543 g/mol. The molecule has 11 nitrogen and oxygen atoms in total. The summed E-state index contributed by atoms with van der Waals surface area (Å²) in [4.78, 5) is 48.5. The number of aliphatic hydroxyl groups is 2. The molecule has 0 aromatic heterocycles. The molecule has 2 unspecified atom stereocenters. The Hall–Kier alpha value is -3.41. The summed E-state index contributed by atoms with van der Waals surface area (Å²) in [6.45, 7) is 5.77. The molecule has 4 atom stereocenters. The van der Waals surface area contributed by atoms with Gasteiger partial charge in [-0.05, 0) is 71.2 Å². The second-order valence-corrected chi connectivity index (χ2v) is 12.0. The molecule has 4 rings (SSSR count). The fourth-order valence-electron chi connectivity index (χ4n) is 6.23. The number of aromatic hydroxyl groups is 1. The number of nitrogens with two attached hydrogens (primary N) is 1. The summed E-state index contributed by atoms with van der Waals surface area (Å²) in [5.41, 5.74) is 9.32. The van der Waals surface area contributed by atoms with Crippen LogP contribution in [0.5, 0.6) is 5.75 Å². The summed E-state index contributed by atoms with van der Waals surface area (Å²) < 4.78 is 0. The van der Waals surface area contributed by atoms with Crippen molar-refractivity contribution in [3.8, 4) is 5.75 Å². The molecule has 1 aromatic carbocycles. The van der Waals surface area contributed by atoms with Gasteiger partial charge >= 0.3 is 0 Å². The molecule has 0 radical (unpaired) electrons. The molecule has 3 aliphatic rings. The number of anilines is 1. The van der Waals surface area contributed by atoms with Crippen molar-refractivity contribution >= 4 is 28.9 Å². The van der Waals surface area contributed by atoms with Crippen LogP contribution in [0.25, 0.3) is 5.76 Å². The smallest absolute Gasteiger partial charge is 0.255 e. The van der Waals surface area contributed by atoms with Crippen molar-refractivity contribution in [2.24, 2.45) is 23.5 Å². The van der Waals surface area contributed by atoms with Gasteiger partial charge < -0.3 is 26.0 Å². The number of nitrogens with one attached hydrogen (secondary N) is 1. The zero-order valence-electron chi connectivity index (χ0n) is 23.5. The van der Waals surface area contributed by atoms with Crippen molar-refractivity contribution in [2.45, 2.75) is 51.8 Å². The molecule has 1 aromatic rings. The topological polar surface area (TPSA) is 166 Å². The number of amides is 1. The van der Waals surface area contributed by atoms with Crippen molar-refractivity contribution in [2.75, 3.05) is 33.1 Å². The van der Waals surface area contributed by atoms with Gasteiger partial charge in [-0.25, -0.2) is 0 Å². The number of benzene rings is 1. The fourth-order valence-corrected chi connectivity index (χ4v) is 6.23. The lowest BCUT2D eigenvalue weighted by atomic mass is 9.59. The third kappa shape index (κ3) is 4.79. The van der Waals surface area contributed by atoms with Crippen LogP contribution in [0, 0.1) is 17.8 Å². The normalized spacial score (nSPS) is 25.0. The van der Waals surface area contributed by atoms with E-state index < -0.39 is 58.2 Å². The highest BCUT2D eigenvalue weighted by Crippen LogP contribution is 2.52. The number of primary amides is 1. The van der Waals surface area contributed by atoms with Crippen molar-refractivity contribution in [1.29, 1.82) is 0 Å². The molecule has 1 amide bonds. The summed E-state index contributed by atoms with van der Waals surface area (Å²) >= 11 is 0. The summed E-state index contributed by atoms with van der Waals surface area (Å²) in [6, 6.07) is 1.04. The molecule has 1 saturated carbocycles. The monoisotopic (exact) mass is 542 g/mol. The van der Waals surface area contributed by atoms with Gasteiger partial charge in [-0.15, -0.1) is 0 Å². The Kier molecular flexibility index (Phi) is 7.30. The number of allylic oxidation sites excluding steroid dienone is 1. The van der Waals surface area contributed by atoms with Crippen molar-refractivity contribution < 1.29 is 34.5 Å². The minimum absolute atomic E-state index is 0.0517. The van der Waals surface area contributed by atoms with Gasteiger partial charge in [0.1, 0.15) is 22.8 Å². The number of phenols is 1. The average Bonchev–Trinajstić information content (AvgIpc) is 2.78. The van der Waals surface area contributed by atoms with E-state index in [-0.39, 0.29) is 29.2 Å². The molecule has 3 aliphatic carbocycles. The number of hydroxylamine groups is 1. The van der Waals surface area contributed by atoms with E-state index in [4.69, 9.17) is 10.6 Å². The van der Waals surface area contributed by atoms with Gasteiger partial charge in [0.25, 0.3) is 5.91 Å². The highest BCUT2D eigenvalue weighted by molar-refractivity contribution is 6.28. The third-order valence-corrected chi connectivity index (χ3v) is 7.74. The van der Waals surface area contributed by atoms with Gasteiger partial charge in [0, 0.05) is 37.5 Å². The summed E-state index contributed by atoms with van der Waals surface area (Å²) in [7, 11) is 7.09. The maximum Gasteiger partial charge on any atom is 0.255 e. The molecular weight excluding hydrogens is 504 g/mol. The summed E-state index contributed by atoms with van der Waals surface area (Å²) in [5.74, 6) is -5.93. The van der Waals surface area contributed by atoms with Crippen LogP contribution in [-0.4, -0.2) is 77.5 Å². The third-order valence-electron chi connectivity index (χ3n) is 7.74. The first kappa shape index (κ1) is 28.6. The van der Waals surface area contributed by atoms with Gasteiger partial charge in [0.15, 0.2) is 11.6 Å². The van der Waals surface area contributed by atoms with Crippen LogP contribution in [0.2, 0.25) is 0 Å². The Morgan fingerprint density at radius 1 is 1.13 bits per heavy atom. The fraction of sp³-hybridized carbons (Fsp3) is 0.536. The van der Waals surface area contributed by atoms with Crippen molar-refractivity contribution in [3.63, 3.8) is 0 Å². The maximum absolute atomic E-state index is 13.9. The number of nitrogens with zero attached hydrogens (tertiary/aromatic N) is 2. The summed E-state index contributed by atoms with van der Waals surface area (Å²) in [5, 5.41) is 33.7. The molecule has 6 N–H and O–H groups in total. The molecule has 0 bridgehead atoms. The minimum Gasteiger partial charge on any atom is -0.510 e. The van der Waals surface area contributed by atoms with Crippen molar-refractivity contribution in [3.05, 3.63) is 39.7 Å². The van der Waals surface area contributed by atoms with Crippen LogP contribution in [0.4, 0.5) is 5.69 Å². The Bertz CT molecular complexity index is 1310. The Labute approximate surface area is 227 Å². The highest BCUT2D eigenvalue weighted by atomic mass is 16.7. The Morgan fingerprint density at radius 2 is 1.77 bits per heavy atom. The number of hydrogen-bond donors (Lipinski definition) is 5. The van der Waals surface area contributed by atoms with E-state index in [1.807, 2.05) is 45.8 Å². The Morgan fingerprint density at radius 3 is 2.31 bits per heavy atom. The van der Waals surface area contributed by atoms with Crippen LogP contribution in [0.1, 0.15) is 43.9 Å². The standard InChI is InChI=1S/C28H38N4O7/c1-28(2,3)39-30-11-13-10-16(31(4)5)14-8-12-9-15-19(24(35)17(12)23(34)18(14)22(13)33)25(36)20(27(29)38)26(37)21(15)32(6)7/h10,12,15,19,21,30,33-34,37H,8-9,11H2,1-7H3,(H2,29,38)/t12-,15?,19?,21+/m0/s1.